The van der Waals surface area contributed by atoms with Gasteiger partial charge in [0.05, 0.1) is 0 Å². The second-order valence-electron chi connectivity index (χ2n) is 7.61. The molecule has 27 heavy (non-hydrogen) atoms. The third-order valence-corrected chi connectivity index (χ3v) is 5.21. The van der Waals surface area contributed by atoms with Crippen LogP contribution in [-0.2, 0) is 11.2 Å². The molecule has 3 heterocycles. The number of carbonyl (C=O) groups excluding carboxylic acids is 1. The standard InChI is InChI=1S/C21H26N4O2/c1-14(2)20-22-15(3)12-19(23-20)24-8-10-25(11-9-24)21(26)18-13-16-6-4-5-7-17(16)27-18/h4-7,12,14,18H,8-11,13H2,1-3H3. The van der Waals surface area contributed by atoms with Gasteiger partial charge in [-0.15, -0.1) is 0 Å². The molecule has 0 aliphatic carbocycles. The van der Waals surface area contributed by atoms with Gasteiger partial charge >= 0.3 is 0 Å². The smallest absolute Gasteiger partial charge is 0.264 e. The van der Waals surface area contributed by atoms with E-state index in [1.54, 1.807) is 0 Å². The fourth-order valence-corrected chi connectivity index (χ4v) is 3.67. The Kier molecular flexibility index (Phi) is 4.72. The summed E-state index contributed by atoms with van der Waals surface area (Å²) in [5.74, 6) is 3.07. The summed E-state index contributed by atoms with van der Waals surface area (Å²) in [6.45, 7) is 9.15. The fourth-order valence-electron chi connectivity index (χ4n) is 3.67. The topological polar surface area (TPSA) is 58.6 Å². The van der Waals surface area contributed by atoms with Crippen molar-refractivity contribution >= 4 is 11.7 Å². The van der Waals surface area contributed by atoms with Gasteiger partial charge in [-0.05, 0) is 18.6 Å². The maximum absolute atomic E-state index is 12.9. The van der Waals surface area contributed by atoms with Crippen molar-refractivity contribution in [2.45, 2.75) is 39.2 Å². The summed E-state index contributed by atoms with van der Waals surface area (Å²) in [5.41, 5.74) is 2.10. The predicted molar refractivity (Wildman–Crippen MR) is 104 cm³/mol. The minimum Gasteiger partial charge on any atom is -0.480 e. The normalized spacial score (nSPS) is 19.2. The minimum absolute atomic E-state index is 0.0904. The van der Waals surface area contributed by atoms with Gasteiger partial charge in [-0.3, -0.25) is 4.79 Å². The van der Waals surface area contributed by atoms with Crippen LogP contribution in [0.3, 0.4) is 0 Å². The molecule has 1 atom stereocenters. The number of nitrogens with zero attached hydrogens (tertiary/aromatic N) is 4. The molecule has 0 saturated carbocycles. The number of benzene rings is 1. The Hall–Kier alpha value is -2.63. The third-order valence-electron chi connectivity index (χ3n) is 5.21. The number of fused-ring (bicyclic) bond motifs is 1. The summed E-state index contributed by atoms with van der Waals surface area (Å²) in [6.07, 6.45) is 0.278. The Morgan fingerprint density at radius 3 is 2.59 bits per heavy atom. The zero-order valence-electron chi connectivity index (χ0n) is 16.2. The summed E-state index contributed by atoms with van der Waals surface area (Å²) >= 11 is 0. The lowest BCUT2D eigenvalue weighted by Crippen LogP contribution is -2.52. The van der Waals surface area contributed by atoms with Gasteiger partial charge in [0.1, 0.15) is 17.4 Å². The van der Waals surface area contributed by atoms with E-state index in [9.17, 15) is 4.79 Å². The van der Waals surface area contributed by atoms with Crippen LogP contribution in [0.5, 0.6) is 5.75 Å². The lowest BCUT2D eigenvalue weighted by Gasteiger charge is -2.36. The molecule has 1 aromatic heterocycles. The number of ether oxygens (including phenoxy) is 1. The molecule has 6 heteroatoms. The van der Waals surface area contributed by atoms with E-state index in [2.05, 4.69) is 23.7 Å². The van der Waals surface area contributed by atoms with Crippen molar-refractivity contribution in [2.75, 3.05) is 31.1 Å². The van der Waals surface area contributed by atoms with E-state index in [-0.39, 0.29) is 12.0 Å². The van der Waals surface area contributed by atoms with E-state index in [4.69, 9.17) is 9.72 Å². The van der Waals surface area contributed by atoms with E-state index in [0.29, 0.717) is 25.4 Å². The largest absolute Gasteiger partial charge is 0.480 e. The van der Waals surface area contributed by atoms with Crippen LogP contribution in [0.1, 0.15) is 36.8 Å². The molecule has 2 aliphatic rings. The molecule has 1 fully saturated rings. The van der Waals surface area contributed by atoms with Crippen molar-refractivity contribution < 1.29 is 9.53 Å². The molecular formula is C21H26N4O2. The zero-order chi connectivity index (χ0) is 19.0. The van der Waals surface area contributed by atoms with E-state index in [0.717, 1.165) is 41.7 Å². The number of hydrogen-bond donors (Lipinski definition) is 0. The van der Waals surface area contributed by atoms with Gasteiger partial charge in [-0.1, -0.05) is 32.0 Å². The number of amides is 1. The van der Waals surface area contributed by atoms with Crippen molar-refractivity contribution in [2.24, 2.45) is 0 Å². The Morgan fingerprint density at radius 2 is 1.89 bits per heavy atom. The molecule has 1 saturated heterocycles. The average molecular weight is 366 g/mol. The van der Waals surface area contributed by atoms with E-state index >= 15 is 0 Å². The number of hydrogen-bond acceptors (Lipinski definition) is 5. The van der Waals surface area contributed by atoms with E-state index < -0.39 is 0 Å². The van der Waals surface area contributed by atoms with Crippen molar-refractivity contribution in [3.8, 4) is 5.75 Å². The molecule has 2 aromatic rings. The third kappa shape index (κ3) is 3.61. The van der Waals surface area contributed by atoms with Crippen LogP contribution in [0.25, 0.3) is 0 Å². The molecule has 1 unspecified atom stereocenters. The molecule has 0 spiro atoms. The van der Waals surface area contributed by atoms with Crippen LogP contribution in [0, 0.1) is 6.92 Å². The zero-order valence-corrected chi connectivity index (χ0v) is 16.2. The second kappa shape index (κ2) is 7.18. The Bertz CT molecular complexity index is 819. The highest BCUT2D eigenvalue weighted by atomic mass is 16.5. The summed E-state index contributed by atoms with van der Waals surface area (Å²) in [4.78, 5) is 26.3. The average Bonchev–Trinajstić information content (AvgIpc) is 3.11. The van der Waals surface area contributed by atoms with Gasteiger partial charge in [0.2, 0.25) is 0 Å². The molecule has 2 aliphatic heterocycles. The Balaban J connectivity index is 1.39. The molecular weight excluding hydrogens is 340 g/mol. The van der Waals surface area contributed by atoms with Crippen molar-refractivity contribution in [1.82, 2.24) is 14.9 Å². The number of piperazine rings is 1. The summed E-state index contributed by atoms with van der Waals surface area (Å²) in [7, 11) is 0. The molecule has 1 amide bonds. The van der Waals surface area contributed by atoms with Crippen molar-refractivity contribution in [3.05, 3.63) is 47.4 Å². The van der Waals surface area contributed by atoms with Gasteiger partial charge in [0.15, 0.2) is 6.10 Å². The summed E-state index contributed by atoms with van der Waals surface area (Å²) < 4.78 is 5.87. The lowest BCUT2D eigenvalue weighted by atomic mass is 10.1. The van der Waals surface area contributed by atoms with Crippen LogP contribution < -0.4 is 9.64 Å². The molecule has 142 valence electrons. The number of rotatable bonds is 3. The van der Waals surface area contributed by atoms with Crippen LogP contribution in [0.2, 0.25) is 0 Å². The molecule has 1 aromatic carbocycles. The minimum atomic E-state index is -0.386. The quantitative estimate of drug-likeness (QED) is 0.836. The van der Waals surface area contributed by atoms with Gasteiger partial charge < -0.3 is 14.5 Å². The highest BCUT2D eigenvalue weighted by molar-refractivity contribution is 5.83. The van der Waals surface area contributed by atoms with Gasteiger partial charge in [-0.2, -0.15) is 0 Å². The first kappa shape index (κ1) is 17.8. The maximum Gasteiger partial charge on any atom is 0.264 e. The Labute approximate surface area is 160 Å². The first-order chi connectivity index (χ1) is 13.0. The van der Waals surface area contributed by atoms with Crippen LogP contribution in [0.15, 0.2) is 30.3 Å². The molecule has 0 N–H and O–H groups in total. The molecule has 0 radical (unpaired) electrons. The number of aryl methyl sites for hydroxylation is 1. The fraction of sp³-hybridized carbons (Fsp3) is 0.476. The highest BCUT2D eigenvalue weighted by Crippen LogP contribution is 2.29. The van der Waals surface area contributed by atoms with Crippen molar-refractivity contribution in [3.63, 3.8) is 0 Å². The van der Waals surface area contributed by atoms with E-state index in [1.807, 2.05) is 42.2 Å². The summed E-state index contributed by atoms with van der Waals surface area (Å²) in [6, 6.07) is 9.93. The SMILES string of the molecule is Cc1cc(N2CCN(C(=O)C3Cc4ccccc4O3)CC2)nc(C(C)C)n1. The van der Waals surface area contributed by atoms with Gasteiger partial charge in [-0.25, -0.2) is 9.97 Å². The number of carbonyl (C=O) groups is 1. The van der Waals surface area contributed by atoms with Gasteiger partial charge in [0, 0.05) is 50.3 Å². The lowest BCUT2D eigenvalue weighted by molar-refractivity contribution is -0.138. The van der Waals surface area contributed by atoms with Crippen molar-refractivity contribution in [1.29, 1.82) is 0 Å². The second-order valence-corrected chi connectivity index (χ2v) is 7.61. The molecule has 6 nitrogen and oxygen atoms in total. The van der Waals surface area contributed by atoms with Crippen LogP contribution in [-0.4, -0.2) is 53.1 Å². The number of anilines is 1. The first-order valence-corrected chi connectivity index (χ1v) is 9.65. The Morgan fingerprint density at radius 1 is 1.15 bits per heavy atom. The molecule has 4 rings (SSSR count). The number of para-hydroxylation sites is 1. The predicted octanol–water partition coefficient (Wildman–Crippen LogP) is 2.56. The number of aromatic nitrogens is 2. The molecule has 0 bridgehead atoms. The van der Waals surface area contributed by atoms with Gasteiger partial charge in [0.25, 0.3) is 5.91 Å². The summed E-state index contributed by atoms with van der Waals surface area (Å²) in [5, 5.41) is 0. The van der Waals surface area contributed by atoms with Crippen LogP contribution >= 0.6 is 0 Å². The monoisotopic (exact) mass is 366 g/mol. The van der Waals surface area contributed by atoms with E-state index in [1.165, 1.54) is 0 Å². The first-order valence-electron chi connectivity index (χ1n) is 9.65. The van der Waals surface area contributed by atoms with Crippen LogP contribution in [0.4, 0.5) is 5.82 Å². The maximum atomic E-state index is 12.9. The highest BCUT2D eigenvalue weighted by Gasteiger charge is 2.33.